The minimum Gasteiger partial charge on any atom is -0.505 e. The van der Waals surface area contributed by atoms with Crippen LogP contribution in [0.1, 0.15) is 23.0 Å². The Kier molecular flexibility index (Phi) is 5.52. The molecule has 0 spiro atoms. The fourth-order valence-electron chi connectivity index (χ4n) is 2.66. The van der Waals surface area contributed by atoms with Crippen molar-refractivity contribution in [1.82, 2.24) is 9.55 Å². The predicted octanol–water partition coefficient (Wildman–Crippen LogP) is 4.50. The number of aromatic nitrogens is 2. The van der Waals surface area contributed by atoms with Gasteiger partial charge in [0.05, 0.1) is 35.3 Å². The maximum atomic E-state index is 12.0. The van der Waals surface area contributed by atoms with Crippen molar-refractivity contribution >= 4 is 48.7 Å². The highest BCUT2D eigenvalue weighted by Gasteiger charge is 2.23. The van der Waals surface area contributed by atoms with Gasteiger partial charge in [-0.3, -0.25) is 0 Å². The molecule has 0 aliphatic heterocycles. The number of hydrogen-bond donors (Lipinski definition) is 1. The van der Waals surface area contributed by atoms with Gasteiger partial charge in [-0.15, -0.1) is 0 Å². The Morgan fingerprint density at radius 2 is 1.96 bits per heavy atom. The number of fused-ring (bicyclic) bond motifs is 1. The van der Waals surface area contributed by atoms with Crippen LogP contribution in [0, 0.1) is 0 Å². The van der Waals surface area contributed by atoms with Gasteiger partial charge < -0.3 is 19.1 Å². The van der Waals surface area contributed by atoms with Gasteiger partial charge in [0, 0.05) is 6.54 Å². The summed E-state index contributed by atoms with van der Waals surface area (Å²) in [4.78, 5) is 16.1. The Bertz CT molecular complexity index is 968. The van der Waals surface area contributed by atoms with E-state index in [9.17, 15) is 9.90 Å². The summed E-state index contributed by atoms with van der Waals surface area (Å²) in [6.45, 7) is 2.46. The Labute approximate surface area is 167 Å². The lowest BCUT2D eigenvalue weighted by Gasteiger charge is -2.09. The van der Waals surface area contributed by atoms with Crippen LogP contribution >= 0.6 is 31.9 Å². The number of benzene rings is 1. The number of ether oxygens (including phenoxy) is 2. The van der Waals surface area contributed by atoms with Crippen molar-refractivity contribution in [3.63, 3.8) is 0 Å². The second kappa shape index (κ2) is 7.67. The number of halogens is 2. The highest BCUT2D eigenvalue weighted by Crippen LogP contribution is 2.41. The van der Waals surface area contributed by atoms with Gasteiger partial charge >= 0.3 is 5.97 Å². The fraction of sp³-hybridized carbons (Fsp3) is 0.222. The third-order valence-corrected chi connectivity index (χ3v) is 6.06. The molecule has 0 aliphatic rings. The fourth-order valence-corrected chi connectivity index (χ4v) is 3.78. The number of pyridine rings is 1. The SMILES string of the molecule is CCOC(=O)c1ncc2c(c1O)c(Br)c(Br)n2Cc1ccc(OC)cc1. The van der Waals surface area contributed by atoms with Crippen LogP contribution in [-0.2, 0) is 11.3 Å². The molecule has 6 nitrogen and oxygen atoms in total. The number of hydrogen-bond acceptors (Lipinski definition) is 5. The van der Waals surface area contributed by atoms with E-state index >= 15 is 0 Å². The van der Waals surface area contributed by atoms with Crippen molar-refractivity contribution in [3.8, 4) is 11.5 Å². The number of methoxy groups -OCH3 is 1. The van der Waals surface area contributed by atoms with Gasteiger partial charge in [-0.25, -0.2) is 9.78 Å². The van der Waals surface area contributed by atoms with E-state index in [0.717, 1.165) is 15.9 Å². The zero-order chi connectivity index (χ0) is 18.8. The molecule has 2 aromatic heterocycles. The lowest BCUT2D eigenvalue weighted by molar-refractivity contribution is 0.0516. The van der Waals surface area contributed by atoms with Crippen molar-refractivity contribution < 1.29 is 19.4 Å². The summed E-state index contributed by atoms with van der Waals surface area (Å²) in [5.41, 5.74) is 1.63. The molecule has 26 heavy (non-hydrogen) atoms. The standard InChI is InChI=1S/C18H16Br2N2O4/c1-3-26-18(24)15-16(23)13-12(8-21-15)22(17(20)14(13)19)9-10-4-6-11(25-2)7-5-10/h4-8,23H,3,9H2,1-2H3. The van der Waals surface area contributed by atoms with Gasteiger partial charge in [0.2, 0.25) is 0 Å². The van der Waals surface area contributed by atoms with E-state index in [4.69, 9.17) is 9.47 Å². The summed E-state index contributed by atoms with van der Waals surface area (Å²) in [6, 6.07) is 7.70. The number of esters is 1. The van der Waals surface area contributed by atoms with E-state index in [2.05, 4.69) is 36.8 Å². The molecule has 0 radical (unpaired) electrons. The average molecular weight is 484 g/mol. The van der Waals surface area contributed by atoms with Crippen LogP contribution in [0.5, 0.6) is 11.5 Å². The molecule has 3 aromatic rings. The van der Waals surface area contributed by atoms with Crippen molar-refractivity contribution in [1.29, 1.82) is 0 Å². The third kappa shape index (κ3) is 3.31. The molecule has 136 valence electrons. The van der Waals surface area contributed by atoms with E-state index in [0.29, 0.717) is 21.9 Å². The molecule has 2 heterocycles. The molecular weight excluding hydrogens is 468 g/mol. The van der Waals surface area contributed by atoms with Crippen molar-refractivity contribution in [2.45, 2.75) is 13.5 Å². The molecule has 0 saturated carbocycles. The normalized spacial score (nSPS) is 10.9. The molecule has 3 rings (SSSR count). The van der Waals surface area contributed by atoms with Crippen molar-refractivity contribution in [2.75, 3.05) is 13.7 Å². The Balaban J connectivity index is 2.07. The number of aromatic hydroxyl groups is 1. The Hall–Kier alpha value is -2.06. The zero-order valence-electron chi connectivity index (χ0n) is 14.1. The zero-order valence-corrected chi connectivity index (χ0v) is 17.3. The summed E-state index contributed by atoms with van der Waals surface area (Å²) >= 11 is 7.03. The monoisotopic (exact) mass is 482 g/mol. The molecule has 8 heteroatoms. The summed E-state index contributed by atoms with van der Waals surface area (Å²) in [6.07, 6.45) is 1.56. The second-order valence-corrected chi connectivity index (χ2v) is 7.02. The molecule has 0 fully saturated rings. The maximum Gasteiger partial charge on any atom is 0.360 e. The first-order valence-electron chi connectivity index (χ1n) is 7.83. The third-order valence-electron chi connectivity index (χ3n) is 3.93. The molecule has 1 N–H and O–H groups in total. The molecule has 0 unspecified atom stereocenters. The van der Waals surface area contributed by atoms with Crippen LogP contribution < -0.4 is 4.74 Å². The minimum atomic E-state index is -0.655. The first kappa shape index (κ1) is 18.7. The lowest BCUT2D eigenvalue weighted by atomic mass is 10.2. The highest BCUT2D eigenvalue weighted by atomic mass is 79.9. The number of carbonyl (C=O) groups excluding carboxylic acids is 1. The van der Waals surface area contributed by atoms with Gasteiger partial charge in [-0.1, -0.05) is 12.1 Å². The Morgan fingerprint density at radius 1 is 1.27 bits per heavy atom. The summed E-state index contributed by atoms with van der Waals surface area (Å²) in [7, 11) is 1.62. The van der Waals surface area contributed by atoms with Gasteiger partial charge in [0.25, 0.3) is 0 Å². The molecule has 0 aliphatic carbocycles. The quantitative estimate of drug-likeness (QED) is 0.541. The molecule has 0 saturated heterocycles. The average Bonchev–Trinajstić information content (AvgIpc) is 2.88. The van der Waals surface area contributed by atoms with Crippen LogP contribution in [0.15, 0.2) is 39.5 Å². The second-order valence-electron chi connectivity index (χ2n) is 5.48. The molecule has 1 aromatic carbocycles. The van der Waals surface area contributed by atoms with Crippen molar-refractivity contribution in [2.24, 2.45) is 0 Å². The van der Waals surface area contributed by atoms with E-state index in [-0.39, 0.29) is 18.1 Å². The van der Waals surface area contributed by atoms with Gasteiger partial charge in [0.15, 0.2) is 11.4 Å². The summed E-state index contributed by atoms with van der Waals surface area (Å²) < 4.78 is 13.5. The van der Waals surface area contributed by atoms with E-state index in [1.807, 2.05) is 28.8 Å². The highest BCUT2D eigenvalue weighted by molar-refractivity contribution is 9.13. The van der Waals surface area contributed by atoms with E-state index < -0.39 is 5.97 Å². The van der Waals surface area contributed by atoms with Gasteiger partial charge in [0.1, 0.15) is 10.4 Å². The molecular formula is C18H16Br2N2O4. The molecule has 0 amide bonds. The minimum absolute atomic E-state index is 0.103. The van der Waals surface area contributed by atoms with Gasteiger partial charge in [-0.2, -0.15) is 0 Å². The van der Waals surface area contributed by atoms with Crippen LogP contribution in [-0.4, -0.2) is 34.3 Å². The molecule has 0 atom stereocenters. The van der Waals surface area contributed by atoms with Gasteiger partial charge in [-0.05, 0) is 56.5 Å². The number of carbonyl (C=O) groups is 1. The number of rotatable bonds is 5. The maximum absolute atomic E-state index is 12.0. The largest absolute Gasteiger partial charge is 0.505 e. The summed E-state index contributed by atoms with van der Waals surface area (Å²) in [5.74, 6) is -0.0791. The lowest BCUT2D eigenvalue weighted by Crippen LogP contribution is -2.08. The number of nitrogens with zero attached hydrogens (tertiary/aromatic N) is 2. The van der Waals surface area contributed by atoms with Crippen LogP contribution in [0.4, 0.5) is 0 Å². The van der Waals surface area contributed by atoms with Crippen molar-refractivity contribution in [3.05, 3.63) is 50.8 Å². The van der Waals surface area contributed by atoms with Crippen LogP contribution in [0.25, 0.3) is 10.9 Å². The van der Waals surface area contributed by atoms with Crippen LogP contribution in [0.3, 0.4) is 0 Å². The Morgan fingerprint density at radius 3 is 2.58 bits per heavy atom. The summed E-state index contributed by atoms with van der Waals surface area (Å²) in [5, 5.41) is 11.1. The first-order valence-corrected chi connectivity index (χ1v) is 9.41. The molecule has 0 bridgehead atoms. The topological polar surface area (TPSA) is 73.6 Å². The first-order chi connectivity index (χ1) is 12.5. The van der Waals surface area contributed by atoms with Crippen LogP contribution in [0.2, 0.25) is 0 Å². The van der Waals surface area contributed by atoms with E-state index in [1.54, 1.807) is 20.2 Å². The van der Waals surface area contributed by atoms with E-state index in [1.165, 1.54) is 0 Å². The predicted molar refractivity (Wildman–Crippen MR) is 105 cm³/mol. The smallest absolute Gasteiger partial charge is 0.360 e.